The Kier molecular flexibility index (Phi) is 1.14. The van der Waals surface area contributed by atoms with Crippen molar-refractivity contribution in [1.82, 2.24) is 5.32 Å². The summed E-state index contributed by atoms with van der Waals surface area (Å²) in [5.74, 6) is 1.06. The molecule has 2 aliphatic carbocycles. The number of ketones is 1. The number of nitrogens with one attached hydrogen (secondary N) is 1. The smallest absolute Gasteiger partial charge is 0.164 e. The summed E-state index contributed by atoms with van der Waals surface area (Å²) in [7, 11) is 0. The fourth-order valence-electron chi connectivity index (χ4n) is 2.45. The van der Waals surface area contributed by atoms with Crippen LogP contribution in [-0.4, -0.2) is 18.4 Å². The summed E-state index contributed by atoms with van der Waals surface area (Å²) in [6.07, 6.45) is 5.86. The lowest BCUT2D eigenvalue weighted by Gasteiger charge is -2.33. The molecule has 1 N–H and O–H groups in total. The van der Waals surface area contributed by atoms with Crippen LogP contribution >= 0.6 is 0 Å². The molecule has 0 unspecified atom stereocenters. The van der Waals surface area contributed by atoms with Crippen LogP contribution in [0.2, 0.25) is 0 Å². The molecule has 0 aromatic rings. The van der Waals surface area contributed by atoms with E-state index in [9.17, 15) is 4.79 Å². The molecule has 3 aliphatic rings. The van der Waals surface area contributed by atoms with Gasteiger partial charge in [0.1, 0.15) is 0 Å². The first-order valence-electron chi connectivity index (χ1n) is 4.52. The lowest BCUT2D eigenvalue weighted by Crippen LogP contribution is -2.52. The Bertz CT molecular complexity index is 314. The molecule has 2 atom stereocenters. The van der Waals surface area contributed by atoms with Gasteiger partial charge in [-0.25, -0.2) is 0 Å². The zero-order chi connectivity index (χ0) is 8.13. The molecule has 2 nitrogen and oxygen atoms in total. The Morgan fingerprint density at radius 3 is 3.17 bits per heavy atom. The summed E-state index contributed by atoms with van der Waals surface area (Å²) in [6.45, 7) is 1.10. The molecular formula is C10H11NO. The fraction of sp³-hybridized carbons (Fsp3) is 0.500. The van der Waals surface area contributed by atoms with Gasteiger partial charge in [-0.2, -0.15) is 0 Å². The van der Waals surface area contributed by atoms with Crippen molar-refractivity contribution in [1.29, 1.82) is 0 Å². The lowest BCUT2D eigenvalue weighted by atomic mass is 9.89. The second-order valence-electron chi connectivity index (χ2n) is 3.82. The highest BCUT2D eigenvalue weighted by atomic mass is 16.1. The van der Waals surface area contributed by atoms with E-state index in [4.69, 9.17) is 0 Å². The molecule has 2 heteroatoms. The molecule has 1 saturated heterocycles. The van der Waals surface area contributed by atoms with Crippen molar-refractivity contribution in [2.75, 3.05) is 6.54 Å². The maximum absolute atomic E-state index is 11.5. The van der Waals surface area contributed by atoms with Crippen LogP contribution in [0.25, 0.3) is 0 Å². The summed E-state index contributed by atoms with van der Waals surface area (Å²) in [5.41, 5.74) is 2.39. The maximum atomic E-state index is 11.5. The standard InChI is InChI=1S/C10H11NO/c12-8-3-1-2-6-4-7-5-11-10(7)9(6)8/h1-2,7,10-11H,3-5H2/t7-,10-/m0/s1. The van der Waals surface area contributed by atoms with E-state index >= 15 is 0 Å². The number of allylic oxidation sites excluding steroid dienone is 3. The summed E-state index contributed by atoms with van der Waals surface area (Å²) in [6, 6.07) is 0.414. The molecule has 1 heterocycles. The van der Waals surface area contributed by atoms with E-state index < -0.39 is 0 Å². The monoisotopic (exact) mass is 161 g/mol. The first-order valence-corrected chi connectivity index (χ1v) is 4.52. The van der Waals surface area contributed by atoms with E-state index in [2.05, 4.69) is 11.4 Å². The maximum Gasteiger partial charge on any atom is 0.164 e. The van der Waals surface area contributed by atoms with Gasteiger partial charge >= 0.3 is 0 Å². The summed E-state index contributed by atoms with van der Waals surface area (Å²) >= 11 is 0. The van der Waals surface area contributed by atoms with Crippen molar-refractivity contribution in [2.45, 2.75) is 18.9 Å². The van der Waals surface area contributed by atoms with E-state index in [-0.39, 0.29) is 0 Å². The molecule has 0 spiro atoms. The Labute approximate surface area is 71.3 Å². The van der Waals surface area contributed by atoms with Crippen LogP contribution < -0.4 is 5.32 Å². The second kappa shape index (κ2) is 2.07. The van der Waals surface area contributed by atoms with Gasteiger partial charge in [0.2, 0.25) is 0 Å². The minimum atomic E-state index is 0.340. The molecule has 0 aromatic carbocycles. The molecule has 0 bridgehead atoms. The number of Topliss-reactive ketones (excluding diaryl/α,β-unsaturated/α-hetero) is 1. The van der Waals surface area contributed by atoms with Gasteiger partial charge in [-0.05, 0) is 17.9 Å². The molecule has 1 fully saturated rings. The van der Waals surface area contributed by atoms with E-state index in [1.165, 1.54) is 5.57 Å². The van der Waals surface area contributed by atoms with Crippen molar-refractivity contribution in [3.05, 3.63) is 23.3 Å². The predicted octanol–water partition coefficient (Wildman–Crippen LogP) is 0.804. The first-order chi connectivity index (χ1) is 5.86. The van der Waals surface area contributed by atoms with Crippen LogP contribution in [-0.2, 0) is 4.79 Å². The van der Waals surface area contributed by atoms with Crippen molar-refractivity contribution in [3.63, 3.8) is 0 Å². The predicted molar refractivity (Wildman–Crippen MR) is 45.7 cm³/mol. The van der Waals surface area contributed by atoms with Crippen LogP contribution in [0, 0.1) is 5.92 Å². The first kappa shape index (κ1) is 6.61. The minimum Gasteiger partial charge on any atom is -0.309 e. The number of hydrogen-bond acceptors (Lipinski definition) is 2. The Balaban J connectivity index is 2.05. The molecule has 62 valence electrons. The highest BCUT2D eigenvalue weighted by molar-refractivity contribution is 6.00. The van der Waals surface area contributed by atoms with E-state index in [1.54, 1.807) is 0 Å². The van der Waals surface area contributed by atoms with Crippen LogP contribution in [0.3, 0.4) is 0 Å². The van der Waals surface area contributed by atoms with Gasteiger partial charge in [0, 0.05) is 24.6 Å². The lowest BCUT2D eigenvalue weighted by molar-refractivity contribution is -0.115. The third kappa shape index (κ3) is 0.661. The molecule has 0 aromatic heterocycles. The molecule has 3 rings (SSSR count). The summed E-state index contributed by atoms with van der Waals surface area (Å²) in [4.78, 5) is 11.5. The van der Waals surface area contributed by atoms with Gasteiger partial charge in [0.15, 0.2) is 5.78 Å². The largest absolute Gasteiger partial charge is 0.309 e. The Hall–Kier alpha value is -0.890. The fourth-order valence-corrected chi connectivity index (χ4v) is 2.45. The zero-order valence-corrected chi connectivity index (χ0v) is 6.84. The van der Waals surface area contributed by atoms with E-state index in [0.717, 1.165) is 24.5 Å². The van der Waals surface area contributed by atoms with Gasteiger partial charge in [-0.1, -0.05) is 12.2 Å². The Morgan fingerprint density at radius 1 is 1.50 bits per heavy atom. The number of carbonyl (C=O) groups excluding carboxylic acids is 1. The number of carbonyl (C=O) groups is 1. The van der Waals surface area contributed by atoms with Crippen LogP contribution in [0.5, 0.6) is 0 Å². The molecular weight excluding hydrogens is 150 g/mol. The van der Waals surface area contributed by atoms with Crippen molar-refractivity contribution in [3.8, 4) is 0 Å². The highest BCUT2D eigenvalue weighted by Crippen LogP contribution is 2.39. The van der Waals surface area contributed by atoms with Gasteiger partial charge in [-0.15, -0.1) is 0 Å². The van der Waals surface area contributed by atoms with Gasteiger partial charge in [0.05, 0.1) is 0 Å². The average Bonchev–Trinajstić information content (AvgIpc) is 2.26. The van der Waals surface area contributed by atoms with Gasteiger partial charge < -0.3 is 5.32 Å². The van der Waals surface area contributed by atoms with E-state index in [1.807, 2.05) is 6.08 Å². The molecule has 0 amide bonds. The normalized spacial score (nSPS) is 37.8. The second-order valence-corrected chi connectivity index (χ2v) is 3.82. The summed E-state index contributed by atoms with van der Waals surface area (Å²) in [5, 5.41) is 3.32. The molecule has 1 aliphatic heterocycles. The molecule has 0 saturated carbocycles. The summed E-state index contributed by atoms with van der Waals surface area (Å²) < 4.78 is 0. The Morgan fingerprint density at radius 2 is 2.42 bits per heavy atom. The van der Waals surface area contributed by atoms with Crippen LogP contribution in [0.1, 0.15) is 12.8 Å². The number of hydrogen-bond donors (Lipinski definition) is 1. The number of fused-ring (bicyclic) bond motifs is 2. The van der Waals surface area contributed by atoms with Gasteiger partial charge in [-0.3, -0.25) is 4.79 Å². The van der Waals surface area contributed by atoms with Crippen molar-refractivity contribution >= 4 is 5.78 Å². The van der Waals surface area contributed by atoms with Crippen LogP contribution in [0.4, 0.5) is 0 Å². The number of rotatable bonds is 0. The third-order valence-electron chi connectivity index (χ3n) is 3.13. The third-order valence-corrected chi connectivity index (χ3v) is 3.13. The highest BCUT2D eigenvalue weighted by Gasteiger charge is 2.43. The minimum absolute atomic E-state index is 0.340. The van der Waals surface area contributed by atoms with Gasteiger partial charge in [0.25, 0.3) is 0 Å². The SMILES string of the molecule is O=C1CC=CC2=C1[C@H]1NC[C@@H]1C2. The topological polar surface area (TPSA) is 29.1 Å². The van der Waals surface area contributed by atoms with Crippen molar-refractivity contribution in [2.24, 2.45) is 5.92 Å². The van der Waals surface area contributed by atoms with E-state index in [0.29, 0.717) is 18.2 Å². The van der Waals surface area contributed by atoms with Crippen LogP contribution in [0.15, 0.2) is 23.3 Å². The zero-order valence-electron chi connectivity index (χ0n) is 6.84. The quantitative estimate of drug-likeness (QED) is 0.569. The average molecular weight is 161 g/mol. The molecule has 12 heavy (non-hydrogen) atoms. The van der Waals surface area contributed by atoms with Crippen molar-refractivity contribution < 1.29 is 4.79 Å². The molecule has 0 radical (unpaired) electrons.